The highest BCUT2D eigenvalue weighted by Gasteiger charge is 2.23. The van der Waals surface area contributed by atoms with Gasteiger partial charge in [-0.15, -0.1) is 0 Å². The Kier molecular flexibility index (Phi) is 5.95. The van der Waals surface area contributed by atoms with Gasteiger partial charge >= 0.3 is 0 Å². The molecule has 0 radical (unpaired) electrons. The lowest BCUT2D eigenvalue weighted by molar-refractivity contribution is -0.934. The molecule has 0 aliphatic heterocycles. The van der Waals surface area contributed by atoms with E-state index in [1.165, 1.54) is 10.5 Å². The van der Waals surface area contributed by atoms with Crippen LogP contribution in [0.1, 0.15) is 25.5 Å². The Morgan fingerprint density at radius 1 is 1.11 bits per heavy atom. The Bertz CT molecular complexity index is 365. The van der Waals surface area contributed by atoms with Crippen molar-refractivity contribution in [1.29, 1.82) is 0 Å². The fourth-order valence-electron chi connectivity index (χ4n) is 2.42. The SMILES string of the molecule is CC[NH+](CC)[C@@H](C[NH3+])c1ccc(OC)c(OC)c1. The summed E-state index contributed by atoms with van der Waals surface area (Å²) in [4.78, 5) is 1.54. The van der Waals surface area contributed by atoms with Crippen LogP contribution in [0.5, 0.6) is 11.5 Å². The number of rotatable bonds is 7. The molecular weight excluding hydrogens is 228 g/mol. The summed E-state index contributed by atoms with van der Waals surface area (Å²) in [7, 11) is 3.33. The Balaban J connectivity index is 3.06. The molecule has 0 bridgehead atoms. The van der Waals surface area contributed by atoms with Crippen molar-refractivity contribution in [3.05, 3.63) is 23.8 Å². The van der Waals surface area contributed by atoms with Gasteiger partial charge in [0.2, 0.25) is 0 Å². The molecule has 0 amide bonds. The molecule has 4 nitrogen and oxygen atoms in total. The monoisotopic (exact) mass is 254 g/mol. The van der Waals surface area contributed by atoms with E-state index in [9.17, 15) is 0 Å². The third-order valence-electron chi connectivity index (χ3n) is 3.50. The van der Waals surface area contributed by atoms with E-state index in [4.69, 9.17) is 9.47 Å². The molecule has 4 heteroatoms. The van der Waals surface area contributed by atoms with Gasteiger partial charge in [0.05, 0.1) is 27.3 Å². The second-order valence-corrected chi connectivity index (χ2v) is 4.32. The van der Waals surface area contributed by atoms with Crippen molar-refractivity contribution < 1.29 is 20.1 Å². The fourth-order valence-corrected chi connectivity index (χ4v) is 2.42. The first-order chi connectivity index (χ1) is 8.71. The van der Waals surface area contributed by atoms with Crippen LogP contribution in [0.25, 0.3) is 0 Å². The van der Waals surface area contributed by atoms with Crippen molar-refractivity contribution in [2.75, 3.05) is 33.9 Å². The largest absolute Gasteiger partial charge is 0.493 e. The van der Waals surface area contributed by atoms with Crippen molar-refractivity contribution in [2.24, 2.45) is 0 Å². The first kappa shape index (κ1) is 14.8. The van der Waals surface area contributed by atoms with Crippen LogP contribution in [0.4, 0.5) is 0 Å². The highest BCUT2D eigenvalue weighted by atomic mass is 16.5. The van der Waals surface area contributed by atoms with Gasteiger partial charge in [-0.2, -0.15) is 0 Å². The lowest BCUT2D eigenvalue weighted by Gasteiger charge is -2.25. The van der Waals surface area contributed by atoms with Gasteiger partial charge in [-0.3, -0.25) is 0 Å². The number of likely N-dealkylation sites (N-methyl/N-ethyl adjacent to an activating group) is 1. The zero-order chi connectivity index (χ0) is 13.5. The number of methoxy groups -OCH3 is 2. The second-order valence-electron chi connectivity index (χ2n) is 4.32. The predicted molar refractivity (Wildman–Crippen MR) is 72.1 cm³/mol. The van der Waals surface area contributed by atoms with Gasteiger partial charge in [0, 0.05) is 5.56 Å². The molecule has 1 aromatic carbocycles. The quantitative estimate of drug-likeness (QED) is 0.714. The third kappa shape index (κ3) is 3.15. The lowest BCUT2D eigenvalue weighted by atomic mass is 10.0. The summed E-state index contributed by atoms with van der Waals surface area (Å²) in [6.45, 7) is 7.51. The fraction of sp³-hybridized carbons (Fsp3) is 0.571. The molecule has 102 valence electrons. The molecule has 0 fully saturated rings. The highest BCUT2D eigenvalue weighted by Crippen LogP contribution is 2.29. The van der Waals surface area contributed by atoms with E-state index >= 15 is 0 Å². The van der Waals surface area contributed by atoms with Crippen molar-refractivity contribution in [3.8, 4) is 11.5 Å². The minimum Gasteiger partial charge on any atom is -0.493 e. The average molecular weight is 254 g/mol. The molecule has 0 saturated heterocycles. The van der Waals surface area contributed by atoms with E-state index in [0.29, 0.717) is 6.04 Å². The summed E-state index contributed by atoms with van der Waals surface area (Å²) in [5.41, 5.74) is 5.35. The van der Waals surface area contributed by atoms with Crippen molar-refractivity contribution in [1.82, 2.24) is 0 Å². The maximum Gasteiger partial charge on any atom is 0.163 e. The molecule has 0 spiro atoms. The van der Waals surface area contributed by atoms with E-state index in [-0.39, 0.29) is 0 Å². The zero-order valence-electron chi connectivity index (χ0n) is 12.0. The maximum atomic E-state index is 5.36. The molecule has 1 rings (SSSR count). The Hall–Kier alpha value is -1.26. The summed E-state index contributed by atoms with van der Waals surface area (Å²) in [5, 5.41) is 0. The summed E-state index contributed by atoms with van der Waals surface area (Å²) in [6, 6.07) is 6.57. The second kappa shape index (κ2) is 7.24. The van der Waals surface area contributed by atoms with Crippen LogP contribution < -0.4 is 20.1 Å². The van der Waals surface area contributed by atoms with E-state index in [1.54, 1.807) is 14.2 Å². The van der Waals surface area contributed by atoms with Crippen molar-refractivity contribution >= 4 is 0 Å². The molecule has 0 saturated carbocycles. The smallest absolute Gasteiger partial charge is 0.163 e. The van der Waals surface area contributed by atoms with Gasteiger partial charge in [0.15, 0.2) is 17.5 Å². The molecule has 0 aliphatic carbocycles. The molecule has 0 aliphatic rings. The number of quaternary nitrogens is 2. The van der Waals surface area contributed by atoms with Crippen molar-refractivity contribution in [2.45, 2.75) is 19.9 Å². The van der Waals surface area contributed by atoms with E-state index < -0.39 is 0 Å². The zero-order valence-corrected chi connectivity index (χ0v) is 12.0. The van der Waals surface area contributed by atoms with Crippen LogP contribution in [0.2, 0.25) is 0 Å². The van der Waals surface area contributed by atoms with Crippen LogP contribution in [-0.2, 0) is 0 Å². The molecule has 0 aromatic heterocycles. The number of nitrogens with one attached hydrogen (secondary N) is 1. The molecular formula is C14H26N2O2+2. The van der Waals surface area contributed by atoms with Crippen LogP contribution in [0, 0.1) is 0 Å². The minimum atomic E-state index is 0.416. The number of hydrogen-bond donors (Lipinski definition) is 2. The molecule has 1 atom stereocenters. The van der Waals surface area contributed by atoms with Gasteiger partial charge in [0.25, 0.3) is 0 Å². The van der Waals surface area contributed by atoms with E-state index in [0.717, 1.165) is 31.1 Å². The van der Waals surface area contributed by atoms with Gasteiger partial charge in [-0.05, 0) is 32.0 Å². The van der Waals surface area contributed by atoms with E-state index in [2.05, 4.69) is 31.7 Å². The Morgan fingerprint density at radius 3 is 2.17 bits per heavy atom. The highest BCUT2D eigenvalue weighted by molar-refractivity contribution is 5.43. The van der Waals surface area contributed by atoms with Crippen molar-refractivity contribution in [3.63, 3.8) is 0 Å². The number of benzene rings is 1. The first-order valence-electron chi connectivity index (χ1n) is 6.57. The summed E-state index contributed by atoms with van der Waals surface area (Å²) < 4.78 is 10.6. The Morgan fingerprint density at radius 2 is 1.72 bits per heavy atom. The standard InChI is InChI=1S/C14H24N2O2/c1-5-16(6-2)12(10-15)11-7-8-13(17-3)14(9-11)18-4/h7-9,12H,5-6,10,15H2,1-4H3/p+2/t12-/m0/s1. The summed E-state index contributed by atoms with van der Waals surface area (Å²) in [6.07, 6.45) is 0. The molecule has 4 N–H and O–H groups in total. The summed E-state index contributed by atoms with van der Waals surface area (Å²) >= 11 is 0. The Labute approximate surface area is 110 Å². The molecule has 18 heavy (non-hydrogen) atoms. The number of hydrogen-bond acceptors (Lipinski definition) is 2. The molecule has 0 heterocycles. The van der Waals surface area contributed by atoms with Crippen LogP contribution >= 0.6 is 0 Å². The van der Waals surface area contributed by atoms with Gasteiger partial charge in [-0.1, -0.05) is 0 Å². The van der Waals surface area contributed by atoms with Gasteiger partial charge in [0.1, 0.15) is 6.54 Å². The molecule has 0 unspecified atom stereocenters. The predicted octanol–water partition coefficient (Wildman–Crippen LogP) is -0.0885. The van der Waals surface area contributed by atoms with Crippen LogP contribution in [0.15, 0.2) is 18.2 Å². The minimum absolute atomic E-state index is 0.416. The lowest BCUT2D eigenvalue weighted by Crippen LogP contribution is -3.13. The average Bonchev–Trinajstić information content (AvgIpc) is 2.43. The van der Waals surface area contributed by atoms with E-state index in [1.807, 2.05) is 6.07 Å². The maximum absolute atomic E-state index is 5.36. The number of ether oxygens (including phenoxy) is 2. The summed E-state index contributed by atoms with van der Waals surface area (Å²) in [5.74, 6) is 1.57. The van der Waals surface area contributed by atoms with Crippen LogP contribution in [-0.4, -0.2) is 33.9 Å². The topological polar surface area (TPSA) is 50.5 Å². The van der Waals surface area contributed by atoms with Gasteiger partial charge < -0.3 is 20.1 Å². The first-order valence-corrected chi connectivity index (χ1v) is 6.57. The van der Waals surface area contributed by atoms with Gasteiger partial charge in [-0.25, -0.2) is 0 Å². The molecule has 1 aromatic rings. The normalized spacial score (nSPS) is 12.6. The third-order valence-corrected chi connectivity index (χ3v) is 3.50. The van der Waals surface area contributed by atoms with Crippen LogP contribution in [0.3, 0.4) is 0 Å².